The van der Waals surface area contributed by atoms with E-state index in [4.69, 9.17) is 4.74 Å². The van der Waals surface area contributed by atoms with E-state index < -0.39 is 35.7 Å². The molecule has 1 saturated carbocycles. The van der Waals surface area contributed by atoms with Crippen LogP contribution in [0.5, 0.6) is 0 Å². The molecule has 0 aromatic carbocycles. The number of urea groups is 1. The predicted octanol–water partition coefficient (Wildman–Crippen LogP) is 5.17. The van der Waals surface area contributed by atoms with E-state index in [1.54, 1.807) is 4.90 Å². The van der Waals surface area contributed by atoms with Crippen LogP contribution in [-0.4, -0.2) is 84.4 Å². The molecule has 278 valence electrons. The number of amides is 5. The minimum absolute atomic E-state index is 0.00501. The SMILES string of the molecule is C=CCNC(=O)C(=O)[C@@H]1CCCCCCCOC[C@H](NC(=O)NC2(CCCC(C)(C)C)CCCCC2)C(=O)N2CC[C@H](C(C)C)[C@H]2C(=O)N1. The summed E-state index contributed by atoms with van der Waals surface area (Å²) in [6.07, 6.45) is 14.6. The van der Waals surface area contributed by atoms with E-state index in [1.807, 2.05) is 13.8 Å². The molecule has 0 bridgehead atoms. The van der Waals surface area contributed by atoms with Crippen LogP contribution in [0.2, 0.25) is 0 Å². The highest BCUT2D eigenvalue weighted by atomic mass is 16.5. The van der Waals surface area contributed by atoms with Gasteiger partial charge in [0.1, 0.15) is 12.1 Å². The van der Waals surface area contributed by atoms with Crippen molar-refractivity contribution in [3.8, 4) is 0 Å². The molecule has 4 N–H and O–H groups in total. The highest BCUT2D eigenvalue weighted by Gasteiger charge is 2.46. The Morgan fingerprint density at radius 2 is 1.69 bits per heavy atom. The average Bonchev–Trinajstić information content (AvgIpc) is 3.50. The quantitative estimate of drug-likeness (QED) is 0.184. The number of ketones is 1. The van der Waals surface area contributed by atoms with Gasteiger partial charge in [0.2, 0.25) is 17.6 Å². The Balaban J connectivity index is 1.84. The number of Topliss-reactive ketones (excluding diaryl/α,β-unsaturated/α-hetero) is 1. The fourth-order valence-corrected chi connectivity index (χ4v) is 7.75. The normalized spacial score (nSPS) is 26.0. The van der Waals surface area contributed by atoms with Gasteiger partial charge in [0.15, 0.2) is 0 Å². The number of carbonyl (C=O) groups excluding carboxylic acids is 5. The Labute approximate surface area is 294 Å². The number of ether oxygens (including phenoxy) is 1. The molecule has 0 spiro atoms. The summed E-state index contributed by atoms with van der Waals surface area (Å²) in [7, 11) is 0. The first-order valence-corrected chi connectivity index (χ1v) is 19.0. The van der Waals surface area contributed by atoms with Gasteiger partial charge in [-0.1, -0.05) is 92.1 Å². The molecule has 49 heavy (non-hydrogen) atoms. The van der Waals surface area contributed by atoms with E-state index in [2.05, 4.69) is 48.6 Å². The lowest BCUT2D eigenvalue weighted by Crippen LogP contribution is -2.61. The monoisotopic (exact) mass is 687 g/mol. The highest BCUT2D eigenvalue weighted by Crippen LogP contribution is 2.35. The molecule has 2 saturated heterocycles. The van der Waals surface area contributed by atoms with Crippen molar-refractivity contribution in [3.63, 3.8) is 0 Å². The maximum Gasteiger partial charge on any atom is 0.315 e. The standard InChI is InChI=1S/C38H65N5O6/c1-7-23-39-34(46)32(44)29-17-12-9-8-10-15-25-49-26-30(35(47)43-24-18-28(27(2)3)31(43)33(45)40-29)41-36(48)42-38(20-13-11-14-21-38)22-16-19-37(4,5)6/h7,27-31H,1,8-26H2,2-6H3,(H,39,46)(H,40,45)(H2,41,42,48)/t28-,29+,30+,31+/m1/s1. The van der Waals surface area contributed by atoms with Crippen LogP contribution in [0.3, 0.4) is 0 Å². The third-order valence-electron chi connectivity index (χ3n) is 10.6. The first kappa shape index (κ1) is 40.5. The van der Waals surface area contributed by atoms with Crippen LogP contribution in [0.1, 0.15) is 131 Å². The third-order valence-corrected chi connectivity index (χ3v) is 10.6. The third kappa shape index (κ3) is 12.7. The lowest BCUT2D eigenvalue weighted by atomic mass is 9.76. The summed E-state index contributed by atoms with van der Waals surface area (Å²) in [4.78, 5) is 69.6. The Bertz CT molecular complexity index is 1130. The average molecular weight is 688 g/mol. The number of carbonyl (C=O) groups is 5. The number of hydrogen-bond acceptors (Lipinski definition) is 6. The van der Waals surface area contributed by atoms with E-state index in [0.717, 1.165) is 77.0 Å². The van der Waals surface area contributed by atoms with Crippen LogP contribution in [0.4, 0.5) is 4.79 Å². The van der Waals surface area contributed by atoms with Crippen molar-refractivity contribution in [2.75, 3.05) is 26.3 Å². The molecule has 1 aliphatic carbocycles. The van der Waals surface area contributed by atoms with Crippen LogP contribution >= 0.6 is 0 Å². The molecule has 3 fully saturated rings. The fraction of sp³-hybridized carbons (Fsp3) is 0.816. The molecule has 5 amide bonds. The number of rotatable bonds is 10. The van der Waals surface area contributed by atoms with E-state index >= 15 is 0 Å². The minimum atomic E-state index is -0.997. The lowest BCUT2D eigenvalue weighted by Gasteiger charge is -2.39. The van der Waals surface area contributed by atoms with Crippen molar-refractivity contribution in [1.82, 2.24) is 26.2 Å². The topological polar surface area (TPSA) is 146 Å². The van der Waals surface area contributed by atoms with Gasteiger partial charge in [-0.2, -0.15) is 0 Å². The van der Waals surface area contributed by atoms with Crippen molar-refractivity contribution in [3.05, 3.63) is 12.7 Å². The van der Waals surface area contributed by atoms with Crippen LogP contribution in [0, 0.1) is 17.3 Å². The molecule has 2 heterocycles. The summed E-state index contributed by atoms with van der Waals surface area (Å²) in [6, 6.07) is -3.21. The van der Waals surface area contributed by atoms with Crippen molar-refractivity contribution in [1.29, 1.82) is 0 Å². The molecule has 0 radical (unpaired) electrons. The molecule has 2 aliphatic heterocycles. The molecule has 4 atom stereocenters. The van der Waals surface area contributed by atoms with Gasteiger partial charge in [-0.3, -0.25) is 19.2 Å². The Kier molecular flexibility index (Phi) is 16.1. The van der Waals surface area contributed by atoms with Gasteiger partial charge >= 0.3 is 6.03 Å². The zero-order chi connectivity index (χ0) is 36.0. The second-order valence-corrected chi connectivity index (χ2v) is 16.1. The van der Waals surface area contributed by atoms with Gasteiger partial charge in [-0.05, 0) is 62.2 Å². The number of hydrogen-bond donors (Lipinski definition) is 4. The number of nitrogens with zero attached hydrogens (tertiary/aromatic N) is 1. The Hall–Kier alpha value is -2.95. The minimum Gasteiger partial charge on any atom is -0.379 e. The molecule has 3 aliphatic rings. The van der Waals surface area contributed by atoms with Crippen LogP contribution in [0.25, 0.3) is 0 Å². The number of nitrogens with one attached hydrogen (secondary N) is 4. The van der Waals surface area contributed by atoms with E-state index in [9.17, 15) is 24.0 Å². The second kappa shape index (κ2) is 19.4. The molecule has 11 heteroatoms. The van der Waals surface area contributed by atoms with Crippen molar-refractivity contribution in [2.45, 2.75) is 155 Å². The molecule has 0 unspecified atom stereocenters. The summed E-state index contributed by atoms with van der Waals surface area (Å²) < 4.78 is 6.01. The molecule has 0 aromatic rings. The van der Waals surface area contributed by atoms with E-state index in [-0.39, 0.29) is 47.9 Å². The molecule has 0 aromatic heterocycles. The zero-order valence-electron chi connectivity index (χ0n) is 31.0. The van der Waals surface area contributed by atoms with Gasteiger partial charge in [0, 0.05) is 25.2 Å². The smallest absolute Gasteiger partial charge is 0.315 e. The summed E-state index contributed by atoms with van der Waals surface area (Å²) in [5.41, 5.74) is -0.0999. The molecular weight excluding hydrogens is 622 g/mol. The van der Waals surface area contributed by atoms with Gasteiger partial charge < -0.3 is 30.9 Å². The van der Waals surface area contributed by atoms with Gasteiger partial charge in [0.05, 0.1) is 12.6 Å². The van der Waals surface area contributed by atoms with Crippen LogP contribution in [0.15, 0.2) is 12.7 Å². The van der Waals surface area contributed by atoms with Gasteiger partial charge in [0.25, 0.3) is 5.91 Å². The summed E-state index contributed by atoms with van der Waals surface area (Å²) in [5.74, 6) is -2.36. The molecule has 3 rings (SSSR count). The van der Waals surface area contributed by atoms with Crippen molar-refractivity contribution < 1.29 is 28.7 Å². The summed E-state index contributed by atoms with van der Waals surface area (Å²) >= 11 is 0. The Morgan fingerprint density at radius 3 is 2.37 bits per heavy atom. The van der Waals surface area contributed by atoms with E-state index in [1.165, 1.54) is 6.08 Å². The summed E-state index contributed by atoms with van der Waals surface area (Å²) in [5, 5.41) is 11.7. The first-order chi connectivity index (χ1) is 23.3. The highest BCUT2D eigenvalue weighted by molar-refractivity contribution is 6.38. The molecular formula is C38H65N5O6. The van der Waals surface area contributed by atoms with E-state index in [0.29, 0.717) is 32.4 Å². The maximum absolute atomic E-state index is 14.3. The van der Waals surface area contributed by atoms with Crippen LogP contribution in [-0.2, 0) is 23.9 Å². The Morgan fingerprint density at radius 1 is 1.02 bits per heavy atom. The second-order valence-electron chi connectivity index (χ2n) is 16.1. The zero-order valence-corrected chi connectivity index (χ0v) is 31.0. The fourth-order valence-electron chi connectivity index (χ4n) is 7.75. The van der Waals surface area contributed by atoms with Gasteiger partial charge in [-0.25, -0.2) is 4.79 Å². The largest absolute Gasteiger partial charge is 0.379 e. The molecule has 11 nitrogen and oxygen atoms in total. The predicted molar refractivity (Wildman–Crippen MR) is 192 cm³/mol. The van der Waals surface area contributed by atoms with Crippen LogP contribution < -0.4 is 21.3 Å². The van der Waals surface area contributed by atoms with Crippen molar-refractivity contribution >= 4 is 29.5 Å². The summed E-state index contributed by atoms with van der Waals surface area (Å²) in [6.45, 7) is 15.3. The van der Waals surface area contributed by atoms with Crippen molar-refractivity contribution in [2.24, 2.45) is 17.3 Å². The lowest BCUT2D eigenvalue weighted by molar-refractivity contribution is -0.144. The van der Waals surface area contributed by atoms with Gasteiger partial charge in [-0.15, -0.1) is 6.58 Å². The first-order valence-electron chi connectivity index (χ1n) is 19.0. The maximum atomic E-state index is 14.3. The number of fused-ring (bicyclic) bond motifs is 1.